The smallest absolute Gasteiger partial charge is 0.327 e. The van der Waals surface area contributed by atoms with Gasteiger partial charge in [-0.25, -0.2) is 9.59 Å². The van der Waals surface area contributed by atoms with E-state index >= 15 is 0 Å². The van der Waals surface area contributed by atoms with Gasteiger partial charge in [-0.3, -0.25) is 14.8 Å². The van der Waals surface area contributed by atoms with Crippen molar-refractivity contribution in [3.63, 3.8) is 0 Å². The Labute approximate surface area is 231 Å². The van der Waals surface area contributed by atoms with E-state index in [0.29, 0.717) is 33.8 Å². The van der Waals surface area contributed by atoms with E-state index in [1.807, 2.05) is 49.4 Å². The van der Waals surface area contributed by atoms with E-state index in [-0.39, 0.29) is 31.1 Å². The zero-order valence-corrected chi connectivity index (χ0v) is 22.7. The van der Waals surface area contributed by atoms with Crippen LogP contribution in [-0.2, 0) is 4.79 Å². The third kappa shape index (κ3) is 4.89. The average molecular weight is 542 g/mol. The first-order chi connectivity index (χ1) is 19.1. The van der Waals surface area contributed by atoms with Crippen molar-refractivity contribution in [2.24, 2.45) is 0 Å². The Morgan fingerprint density at radius 2 is 1.77 bits per heavy atom. The molecule has 1 aromatic heterocycles. The van der Waals surface area contributed by atoms with Gasteiger partial charge in [0.05, 0.1) is 11.9 Å². The number of nitrogens with zero attached hydrogens (tertiary/aromatic N) is 3. The molecule has 0 radical (unpaired) electrons. The summed E-state index contributed by atoms with van der Waals surface area (Å²) in [5.74, 6) is 0.546. The Morgan fingerprint density at radius 3 is 2.45 bits per heavy atom. The van der Waals surface area contributed by atoms with Crippen LogP contribution >= 0.6 is 0 Å². The SMILES string of the molecule is Cc1cccc(NC(=O)Nc2ccc(-c3ccc(OCCN4C(=O)N(C)C(C)(C)C4=O)c4[nH]nc(N)c34)cc2)c1. The second kappa shape index (κ2) is 10.3. The lowest BCUT2D eigenvalue weighted by Gasteiger charge is -2.22. The van der Waals surface area contributed by atoms with Gasteiger partial charge < -0.3 is 26.0 Å². The topological polar surface area (TPSA) is 146 Å². The number of benzene rings is 3. The van der Waals surface area contributed by atoms with Crippen LogP contribution in [0.25, 0.3) is 22.0 Å². The molecule has 11 heteroatoms. The molecular weight excluding hydrogens is 510 g/mol. The summed E-state index contributed by atoms with van der Waals surface area (Å²) >= 11 is 0. The molecule has 4 aromatic rings. The van der Waals surface area contributed by atoms with Crippen LogP contribution in [0, 0.1) is 6.92 Å². The maximum Gasteiger partial charge on any atom is 0.327 e. The van der Waals surface area contributed by atoms with Gasteiger partial charge in [0.25, 0.3) is 5.91 Å². The summed E-state index contributed by atoms with van der Waals surface area (Å²) in [5.41, 5.74) is 10.0. The number of likely N-dealkylation sites (N-methyl/N-ethyl adjacent to an activating group) is 1. The highest BCUT2D eigenvalue weighted by atomic mass is 16.5. The highest BCUT2D eigenvalue weighted by molar-refractivity contribution is 6.06. The molecule has 5 N–H and O–H groups in total. The number of nitrogens with one attached hydrogen (secondary N) is 3. The van der Waals surface area contributed by atoms with Crippen LogP contribution in [0.5, 0.6) is 5.75 Å². The van der Waals surface area contributed by atoms with E-state index in [9.17, 15) is 14.4 Å². The molecule has 0 bridgehead atoms. The van der Waals surface area contributed by atoms with Crippen LogP contribution in [0.3, 0.4) is 0 Å². The first-order valence-electron chi connectivity index (χ1n) is 12.8. The van der Waals surface area contributed by atoms with Crippen LogP contribution < -0.4 is 21.1 Å². The number of nitrogen functional groups attached to an aromatic ring is 1. The number of amides is 5. The quantitative estimate of drug-likeness (QED) is 0.247. The van der Waals surface area contributed by atoms with Gasteiger partial charge in [-0.05, 0) is 73.9 Å². The number of H-pyrrole nitrogens is 1. The van der Waals surface area contributed by atoms with Crippen molar-refractivity contribution in [3.8, 4) is 16.9 Å². The molecule has 11 nitrogen and oxygen atoms in total. The molecule has 0 aliphatic carbocycles. The number of aryl methyl sites for hydroxylation is 1. The maximum absolute atomic E-state index is 12.6. The molecule has 0 saturated carbocycles. The monoisotopic (exact) mass is 541 g/mol. The van der Waals surface area contributed by atoms with Crippen molar-refractivity contribution in [2.75, 3.05) is 36.6 Å². The van der Waals surface area contributed by atoms with Gasteiger partial charge in [-0.15, -0.1) is 0 Å². The number of rotatable bonds is 7. The van der Waals surface area contributed by atoms with Crippen molar-refractivity contribution >= 4 is 46.1 Å². The summed E-state index contributed by atoms with van der Waals surface area (Å²) < 4.78 is 5.96. The zero-order chi connectivity index (χ0) is 28.6. The molecule has 206 valence electrons. The molecule has 1 aliphatic heterocycles. The lowest BCUT2D eigenvalue weighted by Crippen LogP contribution is -2.41. The molecule has 2 heterocycles. The molecule has 40 heavy (non-hydrogen) atoms. The summed E-state index contributed by atoms with van der Waals surface area (Å²) in [6, 6.07) is 17.9. The number of hydrogen-bond acceptors (Lipinski definition) is 6. The van der Waals surface area contributed by atoms with Crippen LogP contribution in [0.4, 0.5) is 26.8 Å². The number of imide groups is 1. The second-order valence-corrected chi connectivity index (χ2v) is 10.2. The fourth-order valence-corrected chi connectivity index (χ4v) is 4.67. The number of aromatic nitrogens is 2. The van der Waals surface area contributed by atoms with Crippen molar-refractivity contribution in [1.82, 2.24) is 20.0 Å². The van der Waals surface area contributed by atoms with E-state index in [1.165, 1.54) is 9.80 Å². The summed E-state index contributed by atoms with van der Waals surface area (Å²) in [5, 5.41) is 13.4. The van der Waals surface area contributed by atoms with Gasteiger partial charge in [0.2, 0.25) is 0 Å². The number of urea groups is 2. The highest BCUT2D eigenvalue weighted by Crippen LogP contribution is 2.37. The van der Waals surface area contributed by atoms with E-state index < -0.39 is 5.54 Å². The number of aromatic amines is 1. The van der Waals surface area contributed by atoms with Crippen LogP contribution in [0.2, 0.25) is 0 Å². The van der Waals surface area contributed by atoms with Gasteiger partial charge in [-0.1, -0.05) is 24.3 Å². The molecule has 1 saturated heterocycles. The van der Waals surface area contributed by atoms with Crippen molar-refractivity contribution in [1.29, 1.82) is 0 Å². The Hall–Kier alpha value is -5.06. The predicted molar refractivity (Wildman–Crippen MR) is 154 cm³/mol. The minimum absolute atomic E-state index is 0.111. The van der Waals surface area contributed by atoms with Crippen molar-refractivity contribution in [2.45, 2.75) is 26.3 Å². The normalized spacial score (nSPS) is 14.6. The first kappa shape index (κ1) is 26.5. The van der Waals surface area contributed by atoms with Gasteiger partial charge in [0.15, 0.2) is 5.82 Å². The molecular formula is C29H31N7O4. The lowest BCUT2D eigenvalue weighted by molar-refractivity contribution is -0.131. The van der Waals surface area contributed by atoms with E-state index in [1.54, 1.807) is 39.1 Å². The number of nitrogens with two attached hydrogens (primary N) is 1. The highest BCUT2D eigenvalue weighted by Gasteiger charge is 2.48. The largest absolute Gasteiger partial charge is 0.489 e. The number of fused-ring (bicyclic) bond motifs is 1. The molecule has 1 fully saturated rings. The van der Waals surface area contributed by atoms with Crippen LogP contribution in [0.15, 0.2) is 60.7 Å². The Morgan fingerprint density at radius 1 is 1.05 bits per heavy atom. The number of carbonyl (C=O) groups is 3. The average Bonchev–Trinajstić information content (AvgIpc) is 3.37. The molecule has 0 spiro atoms. The molecule has 3 aromatic carbocycles. The van der Waals surface area contributed by atoms with E-state index in [2.05, 4.69) is 20.8 Å². The third-order valence-corrected chi connectivity index (χ3v) is 7.14. The minimum Gasteiger partial charge on any atom is -0.489 e. The number of ether oxygens (including phenoxy) is 1. The lowest BCUT2D eigenvalue weighted by atomic mass is 10.0. The summed E-state index contributed by atoms with van der Waals surface area (Å²) in [6.07, 6.45) is 0. The fraction of sp³-hybridized carbons (Fsp3) is 0.241. The summed E-state index contributed by atoms with van der Waals surface area (Å²) in [4.78, 5) is 40.2. The van der Waals surface area contributed by atoms with Crippen molar-refractivity contribution in [3.05, 3.63) is 66.2 Å². The molecule has 5 rings (SSSR count). The van der Waals surface area contributed by atoms with E-state index in [0.717, 1.165) is 16.7 Å². The van der Waals surface area contributed by atoms with Crippen molar-refractivity contribution < 1.29 is 19.1 Å². The molecule has 5 amide bonds. The standard InChI is InChI=1S/C29H31N7O4/c1-17-6-5-7-20(16-17)32-27(38)31-19-10-8-18(9-11-19)21-12-13-22(24-23(21)25(30)34-33-24)40-15-14-36-26(37)29(2,3)35(4)28(36)39/h5-13,16H,14-15H2,1-4H3,(H3,30,33,34)(H2,31,32,38). The van der Waals surface area contributed by atoms with E-state index in [4.69, 9.17) is 10.5 Å². The molecule has 0 unspecified atom stereocenters. The van der Waals surface area contributed by atoms with Gasteiger partial charge >= 0.3 is 12.1 Å². The fourth-order valence-electron chi connectivity index (χ4n) is 4.67. The third-order valence-electron chi connectivity index (χ3n) is 7.14. The second-order valence-electron chi connectivity index (χ2n) is 10.2. The predicted octanol–water partition coefficient (Wildman–Crippen LogP) is 4.82. The van der Waals surface area contributed by atoms with Gasteiger partial charge in [0.1, 0.15) is 23.4 Å². The first-order valence-corrected chi connectivity index (χ1v) is 12.8. The minimum atomic E-state index is -0.889. The Bertz CT molecular complexity index is 1610. The number of carbonyl (C=O) groups excluding carboxylic acids is 3. The van der Waals surface area contributed by atoms with Gasteiger partial charge in [0, 0.05) is 18.4 Å². The number of hydrogen-bond donors (Lipinski definition) is 4. The molecule has 0 atom stereocenters. The molecule has 1 aliphatic rings. The summed E-state index contributed by atoms with van der Waals surface area (Å²) in [7, 11) is 1.61. The zero-order valence-electron chi connectivity index (χ0n) is 22.7. The maximum atomic E-state index is 12.6. The Kier molecular flexibility index (Phi) is 6.80. The summed E-state index contributed by atoms with van der Waals surface area (Å²) in [6.45, 7) is 5.62. The number of anilines is 3. The Balaban J connectivity index is 1.28. The van der Waals surface area contributed by atoms with Gasteiger partial charge in [-0.2, -0.15) is 5.10 Å². The van der Waals surface area contributed by atoms with Crippen LogP contribution in [-0.4, -0.2) is 63.7 Å². The van der Waals surface area contributed by atoms with Crippen LogP contribution in [0.1, 0.15) is 19.4 Å².